The van der Waals surface area contributed by atoms with Crippen LogP contribution in [0.25, 0.3) is 0 Å². The highest BCUT2D eigenvalue weighted by Gasteiger charge is 2.27. The first-order chi connectivity index (χ1) is 7.52. The zero-order valence-corrected chi connectivity index (χ0v) is 12.1. The molecule has 0 aromatic heterocycles. The van der Waals surface area contributed by atoms with Crippen LogP contribution in [0.15, 0.2) is 0 Å². The topological polar surface area (TPSA) is 0 Å². The van der Waals surface area contributed by atoms with Crippen molar-refractivity contribution in [3.8, 4) is 0 Å². The molecular weight excluding hydrogens is 192 g/mol. The van der Waals surface area contributed by atoms with Gasteiger partial charge in [-0.2, -0.15) is 0 Å². The van der Waals surface area contributed by atoms with Crippen LogP contribution in [0.1, 0.15) is 73.1 Å². The van der Waals surface area contributed by atoms with Gasteiger partial charge in [-0.1, -0.05) is 53.9 Å². The lowest BCUT2D eigenvalue weighted by Crippen LogP contribution is -2.10. The van der Waals surface area contributed by atoms with Crippen LogP contribution in [0.3, 0.4) is 0 Å². The van der Waals surface area contributed by atoms with Gasteiger partial charge in [0.05, 0.1) is 0 Å². The lowest BCUT2D eigenvalue weighted by atomic mass is 9.86. The average Bonchev–Trinajstić information content (AvgIpc) is 2.65. The van der Waals surface area contributed by atoms with E-state index in [1.807, 2.05) is 0 Å². The summed E-state index contributed by atoms with van der Waals surface area (Å²) in [6.45, 7) is 11.9. The Morgan fingerprint density at radius 3 is 2.00 bits per heavy atom. The van der Waals surface area contributed by atoms with E-state index in [2.05, 4.69) is 34.6 Å². The molecule has 0 aromatic carbocycles. The van der Waals surface area contributed by atoms with Gasteiger partial charge < -0.3 is 0 Å². The normalized spacial score (nSPS) is 29.6. The molecule has 0 aromatic rings. The van der Waals surface area contributed by atoms with Gasteiger partial charge >= 0.3 is 0 Å². The second kappa shape index (κ2) is 6.67. The molecule has 0 saturated heterocycles. The summed E-state index contributed by atoms with van der Waals surface area (Å²) in [5.74, 6) is 4.85. The fourth-order valence-corrected chi connectivity index (χ4v) is 3.14. The maximum absolute atomic E-state index is 2.44. The van der Waals surface area contributed by atoms with Gasteiger partial charge in [0.15, 0.2) is 0 Å². The Labute approximate surface area is 103 Å². The Bertz CT molecular complexity index is 182. The molecule has 96 valence electrons. The van der Waals surface area contributed by atoms with Crippen molar-refractivity contribution in [2.75, 3.05) is 0 Å². The SMILES string of the molecule is CCC(C)CC1CCC(CC(C)C(C)C)C1. The smallest absolute Gasteiger partial charge is 0.0409 e. The predicted molar refractivity (Wildman–Crippen MR) is 73.5 cm³/mol. The Morgan fingerprint density at radius 1 is 0.938 bits per heavy atom. The van der Waals surface area contributed by atoms with E-state index in [1.165, 1.54) is 38.5 Å². The molecule has 1 fully saturated rings. The van der Waals surface area contributed by atoms with Gasteiger partial charge in [0.1, 0.15) is 0 Å². The van der Waals surface area contributed by atoms with Gasteiger partial charge in [-0.25, -0.2) is 0 Å². The first-order valence-electron chi connectivity index (χ1n) is 7.52. The van der Waals surface area contributed by atoms with Crippen LogP contribution < -0.4 is 0 Å². The summed E-state index contributed by atoms with van der Waals surface area (Å²) >= 11 is 0. The van der Waals surface area contributed by atoms with Crippen LogP contribution in [0, 0.1) is 29.6 Å². The number of hydrogen-bond donors (Lipinski definition) is 0. The second-order valence-electron chi connectivity index (χ2n) is 6.75. The summed E-state index contributed by atoms with van der Waals surface area (Å²) in [7, 11) is 0. The van der Waals surface area contributed by atoms with Crippen molar-refractivity contribution >= 4 is 0 Å². The van der Waals surface area contributed by atoms with E-state index in [1.54, 1.807) is 0 Å². The Kier molecular flexibility index (Phi) is 5.86. The summed E-state index contributed by atoms with van der Waals surface area (Å²) in [5.41, 5.74) is 0. The quantitative estimate of drug-likeness (QED) is 0.557. The summed E-state index contributed by atoms with van der Waals surface area (Å²) in [5, 5.41) is 0. The van der Waals surface area contributed by atoms with E-state index in [0.717, 1.165) is 29.6 Å². The molecule has 0 amide bonds. The lowest BCUT2D eigenvalue weighted by molar-refractivity contribution is 0.307. The molecule has 0 radical (unpaired) electrons. The maximum atomic E-state index is 2.44. The van der Waals surface area contributed by atoms with Gasteiger partial charge in [-0.05, 0) is 48.9 Å². The van der Waals surface area contributed by atoms with Crippen LogP contribution in [0.5, 0.6) is 0 Å². The highest BCUT2D eigenvalue weighted by atomic mass is 14.3. The molecule has 0 heteroatoms. The molecule has 1 aliphatic rings. The van der Waals surface area contributed by atoms with E-state index in [0.29, 0.717) is 0 Å². The van der Waals surface area contributed by atoms with Crippen molar-refractivity contribution in [1.82, 2.24) is 0 Å². The maximum Gasteiger partial charge on any atom is -0.0409 e. The highest BCUT2D eigenvalue weighted by Crippen LogP contribution is 2.39. The highest BCUT2D eigenvalue weighted by molar-refractivity contribution is 4.78. The van der Waals surface area contributed by atoms with E-state index >= 15 is 0 Å². The van der Waals surface area contributed by atoms with Crippen LogP contribution in [-0.4, -0.2) is 0 Å². The van der Waals surface area contributed by atoms with E-state index in [-0.39, 0.29) is 0 Å². The average molecular weight is 224 g/mol. The van der Waals surface area contributed by atoms with Crippen LogP contribution in [0.2, 0.25) is 0 Å². The van der Waals surface area contributed by atoms with Crippen molar-refractivity contribution in [3.05, 3.63) is 0 Å². The van der Waals surface area contributed by atoms with Crippen molar-refractivity contribution in [2.24, 2.45) is 29.6 Å². The number of rotatable bonds is 6. The van der Waals surface area contributed by atoms with Crippen LogP contribution in [0.4, 0.5) is 0 Å². The van der Waals surface area contributed by atoms with Crippen molar-refractivity contribution in [1.29, 1.82) is 0 Å². The Morgan fingerprint density at radius 2 is 1.50 bits per heavy atom. The molecule has 0 N–H and O–H groups in total. The molecule has 1 saturated carbocycles. The standard InChI is InChI=1S/C16H32/c1-6-13(4)9-15-7-8-16(11-15)10-14(5)12(2)3/h12-16H,6-11H2,1-5H3. The third-order valence-corrected chi connectivity index (χ3v) is 4.93. The predicted octanol–water partition coefficient (Wildman–Crippen LogP) is 5.52. The third-order valence-electron chi connectivity index (χ3n) is 4.93. The summed E-state index contributed by atoms with van der Waals surface area (Å²) < 4.78 is 0. The Hall–Kier alpha value is 0. The minimum absolute atomic E-state index is 0.869. The zero-order chi connectivity index (χ0) is 12.1. The van der Waals surface area contributed by atoms with Gasteiger partial charge in [0.25, 0.3) is 0 Å². The fourth-order valence-electron chi connectivity index (χ4n) is 3.14. The lowest BCUT2D eigenvalue weighted by Gasteiger charge is -2.20. The first kappa shape index (κ1) is 14.1. The van der Waals surface area contributed by atoms with E-state index in [4.69, 9.17) is 0 Å². The van der Waals surface area contributed by atoms with E-state index < -0.39 is 0 Å². The fraction of sp³-hybridized carbons (Fsp3) is 1.00. The Balaban J connectivity index is 2.24. The molecule has 4 atom stereocenters. The molecule has 1 rings (SSSR count). The first-order valence-corrected chi connectivity index (χ1v) is 7.52. The molecule has 0 heterocycles. The summed E-state index contributed by atoms with van der Waals surface area (Å²) in [6, 6.07) is 0. The van der Waals surface area contributed by atoms with Gasteiger partial charge in [0, 0.05) is 0 Å². The molecule has 1 aliphatic carbocycles. The monoisotopic (exact) mass is 224 g/mol. The minimum Gasteiger partial charge on any atom is -0.0651 e. The molecular formula is C16H32. The van der Waals surface area contributed by atoms with E-state index in [9.17, 15) is 0 Å². The summed E-state index contributed by atoms with van der Waals surface area (Å²) in [6.07, 6.45) is 8.89. The van der Waals surface area contributed by atoms with Crippen LogP contribution in [-0.2, 0) is 0 Å². The molecule has 4 unspecified atom stereocenters. The van der Waals surface area contributed by atoms with Crippen molar-refractivity contribution in [2.45, 2.75) is 73.1 Å². The van der Waals surface area contributed by atoms with Gasteiger partial charge in [-0.15, -0.1) is 0 Å². The molecule has 0 aliphatic heterocycles. The van der Waals surface area contributed by atoms with Gasteiger partial charge in [0.2, 0.25) is 0 Å². The number of hydrogen-bond acceptors (Lipinski definition) is 0. The zero-order valence-electron chi connectivity index (χ0n) is 12.1. The second-order valence-corrected chi connectivity index (χ2v) is 6.75. The third kappa shape index (κ3) is 4.47. The molecule has 0 bridgehead atoms. The van der Waals surface area contributed by atoms with Crippen molar-refractivity contribution in [3.63, 3.8) is 0 Å². The van der Waals surface area contributed by atoms with Crippen LogP contribution >= 0.6 is 0 Å². The van der Waals surface area contributed by atoms with Gasteiger partial charge in [-0.3, -0.25) is 0 Å². The largest absolute Gasteiger partial charge is 0.0651 e. The van der Waals surface area contributed by atoms with Crippen molar-refractivity contribution < 1.29 is 0 Å². The molecule has 0 nitrogen and oxygen atoms in total. The molecule has 0 spiro atoms. The summed E-state index contributed by atoms with van der Waals surface area (Å²) in [4.78, 5) is 0. The minimum atomic E-state index is 0.869. The molecule has 16 heavy (non-hydrogen) atoms.